The van der Waals surface area contributed by atoms with Crippen molar-refractivity contribution in [2.75, 3.05) is 0 Å². The second kappa shape index (κ2) is 6.84. The Kier molecular flexibility index (Phi) is 4.93. The summed E-state index contributed by atoms with van der Waals surface area (Å²) in [5.74, 6) is -0.420. The summed E-state index contributed by atoms with van der Waals surface area (Å²) in [5.41, 5.74) is 2.19. The largest absolute Gasteiger partial charge is 0.573 e. The van der Waals surface area contributed by atoms with Crippen molar-refractivity contribution in [3.63, 3.8) is 0 Å². The van der Waals surface area contributed by atoms with Gasteiger partial charge in [0, 0.05) is 5.02 Å². The summed E-state index contributed by atoms with van der Waals surface area (Å²) >= 11 is 11.9. The molecule has 25 heavy (non-hydrogen) atoms. The van der Waals surface area contributed by atoms with Crippen molar-refractivity contribution >= 4 is 23.2 Å². The Labute approximate surface area is 152 Å². The molecule has 0 spiro atoms. The van der Waals surface area contributed by atoms with Crippen LogP contribution in [0.4, 0.5) is 13.2 Å². The Morgan fingerprint density at radius 3 is 2.40 bits per heavy atom. The van der Waals surface area contributed by atoms with Gasteiger partial charge in [-0.15, -0.1) is 13.2 Å². The summed E-state index contributed by atoms with van der Waals surface area (Å²) in [6, 6.07) is 9.21. The zero-order chi connectivity index (χ0) is 18.2. The number of benzene rings is 2. The maximum Gasteiger partial charge on any atom is 0.573 e. The number of fused-ring (bicyclic) bond motifs is 1. The van der Waals surface area contributed by atoms with E-state index in [1.807, 2.05) is 6.92 Å². The third kappa shape index (κ3) is 4.25. The number of nitrogens with zero attached hydrogens (tertiary/aromatic N) is 2. The summed E-state index contributed by atoms with van der Waals surface area (Å²) in [6.07, 6.45) is -4.37. The van der Waals surface area contributed by atoms with Crippen LogP contribution in [0.15, 0.2) is 46.6 Å². The van der Waals surface area contributed by atoms with Crippen molar-refractivity contribution < 1.29 is 17.9 Å². The fraction of sp³-hybridized carbons (Fsp3) is 0.294. The molecule has 2 aromatic carbocycles. The number of rotatable bonds is 2. The van der Waals surface area contributed by atoms with Gasteiger partial charge in [-0.1, -0.05) is 35.3 Å². The fourth-order valence-electron chi connectivity index (χ4n) is 2.74. The smallest absolute Gasteiger partial charge is 0.404 e. The first-order valence-corrected chi connectivity index (χ1v) is 8.22. The van der Waals surface area contributed by atoms with E-state index in [4.69, 9.17) is 23.2 Å². The maximum atomic E-state index is 12.6. The van der Waals surface area contributed by atoms with Crippen LogP contribution in [0, 0.1) is 0 Å². The van der Waals surface area contributed by atoms with Crippen molar-refractivity contribution in [3.05, 3.63) is 63.1 Å². The molecule has 2 unspecified atom stereocenters. The minimum atomic E-state index is -4.81. The number of azo groups is 1. The number of hydrogen-bond donors (Lipinski definition) is 0. The second-order valence-corrected chi connectivity index (χ2v) is 6.61. The number of alkyl halides is 3. The monoisotopic (exact) mass is 388 g/mol. The van der Waals surface area contributed by atoms with E-state index in [9.17, 15) is 13.2 Å². The van der Waals surface area contributed by atoms with Gasteiger partial charge in [0.1, 0.15) is 11.8 Å². The van der Waals surface area contributed by atoms with Gasteiger partial charge >= 0.3 is 6.36 Å². The van der Waals surface area contributed by atoms with Gasteiger partial charge in [-0.2, -0.15) is 10.2 Å². The highest BCUT2D eigenvalue weighted by atomic mass is 35.5. The van der Waals surface area contributed by atoms with Gasteiger partial charge in [-0.3, -0.25) is 0 Å². The minimum absolute atomic E-state index is 0.125. The second-order valence-electron chi connectivity index (χ2n) is 5.77. The molecule has 0 saturated heterocycles. The highest BCUT2D eigenvalue weighted by Crippen LogP contribution is 2.40. The van der Waals surface area contributed by atoms with Crippen molar-refractivity contribution in [2.24, 2.45) is 10.2 Å². The highest BCUT2D eigenvalue weighted by molar-refractivity contribution is 6.32. The van der Waals surface area contributed by atoms with Gasteiger partial charge in [0.25, 0.3) is 0 Å². The van der Waals surface area contributed by atoms with Crippen LogP contribution in [0.2, 0.25) is 10.0 Å². The third-order valence-corrected chi connectivity index (χ3v) is 4.34. The molecule has 3 rings (SSSR count). The molecular weight excluding hydrogens is 376 g/mol. The first-order chi connectivity index (χ1) is 11.7. The number of ether oxygens (including phenoxy) is 1. The molecule has 1 aliphatic rings. The van der Waals surface area contributed by atoms with Gasteiger partial charge in [0.05, 0.1) is 11.1 Å². The van der Waals surface area contributed by atoms with Crippen molar-refractivity contribution in [3.8, 4) is 5.75 Å². The first-order valence-electron chi connectivity index (χ1n) is 7.46. The molecule has 0 N–H and O–H groups in total. The Morgan fingerprint density at radius 2 is 1.76 bits per heavy atom. The van der Waals surface area contributed by atoms with Crippen LogP contribution in [0.1, 0.15) is 29.7 Å². The molecule has 2 atom stereocenters. The van der Waals surface area contributed by atoms with Gasteiger partial charge in [-0.25, -0.2) is 0 Å². The SMILES string of the molecule is CC1Cc2cc(OC(F)(F)F)c(Cl)cc2C(c2ccc(Cl)cc2)N=N1. The standard InChI is InChI=1S/C17H13Cl2F3N2O/c1-9-6-11-7-15(25-17(20,21)22)14(19)8-13(11)16(24-23-9)10-2-4-12(18)5-3-10/h2-5,7-9,16H,6H2,1H3. The van der Waals surface area contributed by atoms with E-state index in [2.05, 4.69) is 15.0 Å². The van der Waals surface area contributed by atoms with E-state index in [0.717, 1.165) is 5.56 Å². The Bertz CT molecular complexity index is 807. The van der Waals surface area contributed by atoms with E-state index in [0.29, 0.717) is 22.6 Å². The van der Waals surface area contributed by atoms with Crippen LogP contribution in [0.5, 0.6) is 5.75 Å². The van der Waals surface area contributed by atoms with Gasteiger partial charge in [0.2, 0.25) is 0 Å². The van der Waals surface area contributed by atoms with E-state index in [1.165, 1.54) is 12.1 Å². The lowest BCUT2D eigenvalue weighted by Crippen LogP contribution is -2.18. The summed E-state index contributed by atoms with van der Waals surface area (Å²) < 4.78 is 41.7. The molecule has 3 nitrogen and oxygen atoms in total. The molecule has 132 valence electrons. The van der Waals surface area contributed by atoms with E-state index >= 15 is 0 Å². The average Bonchev–Trinajstić information content (AvgIpc) is 2.66. The number of halogens is 5. The van der Waals surface area contributed by atoms with Gasteiger partial charge in [0.15, 0.2) is 0 Å². The zero-order valence-corrected chi connectivity index (χ0v) is 14.5. The Morgan fingerprint density at radius 1 is 1.08 bits per heavy atom. The third-order valence-electron chi connectivity index (χ3n) is 3.79. The summed E-state index contributed by atoms with van der Waals surface area (Å²) in [7, 11) is 0. The molecular formula is C17H13Cl2F3N2O. The van der Waals surface area contributed by atoms with Crippen LogP contribution < -0.4 is 4.74 Å². The fourth-order valence-corrected chi connectivity index (χ4v) is 3.07. The van der Waals surface area contributed by atoms with Crippen molar-refractivity contribution in [2.45, 2.75) is 31.8 Å². The zero-order valence-electron chi connectivity index (χ0n) is 13.0. The molecule has 0 amide bonds. The van der Waals surface area contributed by atoms with Crippen LogP contribution in [-0.2, 0) is 6.42 Å². The molecule has 0 fully saturated rings. The van der Waals surface area contributed by atoms with Gasteiger partial charge in [-0.05, 0) is 54.3 Å². The molecule has 0 radical (unpaired) electrons. The topological polar surface area (TPSA) is 34.0 Å². The molecule has 0 aromatic heterocycles. The first kappa shape index (κ1) is 18.0. The Balaban J connectivity index is 2.08. The molecule has 8 heteroatoms. The maximum absolute atomic E-state index is 12.6. The predicted molar refractivity (Wildman–Crippen MR) is 89.5 cm³/mol. The van der Waals surface area contributed by atoms with Crippen LogP contribution in [-0.4, -0.2) is 12.4 Å². The number of hydrogen-bond acceptors (Lipinski definition) is 3. The highest BCUT2D eigenvalue weighted by Gasteiger charge is 2.33. The summed E-state index contributed by atoms with van der Waals surface area (Å²) in [5, 5.41) is 9.04. The van der Waals surface area contributed by atoms with Crippen LogP contribution in [0.3, 0.4) is 0 Å². The molecule has 0 bridgehead atoms. The molecule has 2 aromatic rings. The van der Waals surface area contributed by atoms with E-state index in [-0.39, 0.29) is 11.1 Å². The van der Waals surface area contributed by atoms with E-state index < -0.39 is 18.2 Å². The summed E-state index contributed by atoms with van der Waals surface area (Å²) in [6.45, 7) is 1.84. The lowest BCUT2D eigenvalue weighted by molar-refractivity contribution is -0.274. The quantitative estimate of drug-likeness (QED) is 0.587. The molecule has 0 aliphatic carbocycles. The van der Waals surface area contributed by atoms with Crippen molar-refractivity contribution in [1.82, 2.24) is 0 Å². The molecule has 1 heterocycles. The van der Waals surface area contributed by atoms with Crippen LogP contribution >= 0.6 is 23.2 Å². The minimum Gasteiger partial charge on any atom is -0.404 e. The lowest BCUT2D eigenvalue weighted by atomic mass is 9.92. The van der Waals surface area contributed by atoms with Gasteiger partial charge < -0.3 is 4.74 Å². The summed E-state index contributed by atoms with van der Waals surface area (Å²) in [4.78, 5) is 0. The van der Waals surface area contributed by atoms with E-state index in [1.54, 1.807) is 24.3 Å². The predicted octanol–water partition coefficient (Wildman–Crippen LogP) is 6.38. The average molecular weight is 389 g/mol. The molecule has 1 aliphatic heterocycles. The van der Waals surface area contributed by atoms with Crippen LogP contribution in [0.25, 0.3) is 0 Å². The van der Waals surface area contributed by atoms with Crippen molar-refractivity contribution in [1.29, 1.82) is 0 Å². The molecule has 0 saturated carbocycles. The Hall–Kier alpha value is -1.79. The lowest BCUT2D eigenvalue weighted by Gasteiger charge is -2.18. The normalized spacial score (nSPS) is 20.1.